The molecule has 0 unspecified atom stereocenters. The number of carbonyl (C=O) groups is 2. The fraction of sp³-hybridized carbons (Fsp3) is 0.333. The van der Waals surface area contributed by atoms with Crippen molar-refractivity contribution in [3.8, 4) is 0 Å². The van der Waals surface area contributed by atoms with Gasteiger partial charge in [0.1, 0.15) is 0 Å². The van der Waals surface area contributed by atoms with Gasteiger partial charge in [-0.15, -0.1) is 0 Å². The highest BCUT2D eigenvalue weighted by Crippen LogP contribution is 2.36. The van der Waals surface area contributed by atoms with E-state index in [-0.39, 0.29) is 23.9 Å². The van der Waals surface area contributed by atoms with Crippen molar-refractivity contribution in [2.45, 2.75) is 31.8 Å². The summed E-state index contributed by atoms with van der Waals surface area (Å²) in [4.78, 5) is 37.2. The predicted octanol–water partition coefficient (Wildman–Crippen LogP) is 1.81. The van der Waals surface area contributed by atoms with Crippen molar-refractivity contribution in [1.82, 2.24) is 14.9 Å². The smallest absolute Gasteiger partial charge is 0.255 e. The van der Waals surface area contributed by atoms with Gasteiger partial charge in [0, 0.05) is 31.6 Å². The van der Waals surface area contributed by atoms with Gasteiger partial charge in [-0.1, -0.05) is 0 Å². The number of aromatic nitrogens is 2. The minimum Gasteiger partial charge on any atom is -0.333 e. The summed E-state index contributed by atoms with van der Waals surface area (Å²) in [5.74, 6) is 0.0115. The third-order valence-electron chi connectivity index (χ3n) is 4.80. The molecule has 6 nitrogen and oxygen atoms in total. The van der Waals surface area contributed by atoms with Crippen LogP contribution in [0.3, 0.4) is 0 Å². The molecule has 2 amide bonds. The molecule has 0 bridgehead atoms. The average molecular weight is 322 g/mol. The Hall–Kier alpha value is -2.76. The quantitative estimate of drug-likeness (QED) is 0.846. The Morgan fingerprint density at radius 2 is 2.08 bits per heavy atom. The number of likely N-dealkylation sites (tertiary alicyclic amines) is 1. The van der Waals surface area contributed by atoms with Crippen molar-refractivity contribution in [3.05, 3.63) is 54.1 Å². The summed E-state index contributed by atoms with van der Waals surface area (Å²) in [6.45, 7) is 2.58. The summed E-state index contributed by atoms with van der Waals surface area (Å²) >= 11 is 0. The number of rotatable bonds is 2. The van der Waals surface area contributed by atoms with Crippen LogP contribution in [0, 0.1) is 6.92 Å². The van der Waals surface area contributed by atoms with Crippen molar-refractivity contribution in [2.24, 2.45) is 0 Å². The van der Waals surface area contributed by atoms with Gasteiger partial charge in [-0.2, -0.15) is 0 Å². The number of amides is 2. The molecular formula is C18H18N4O2. The molecular weight excluding hydrogens is 304 g/mol. The molecule has 2 fully saturated rings. The second-order valence-corrected chi connectivity index (χ2v) is 6.35. The molecule has 2 aliphatic rings. The van der Waals surface area contributed by atoms with E-state index in [9.17, 15) is 9.59 Å². The van der Waals surface area contributed by atoms with E-state index in [4.69, 9.17) is 0 Å². The largest absolute Gasteiger partial charge is 0.333 e. The highest BCUT2D eigenvalue weighted by atomic mass is 16.2. The number of hydrogen-bond acceptors (Lipinski definition) is 4. The Morgan fingerprint density at radius 3 is 2.83 bits per heavy atom. The van der Waals surface area contributed by atoms with E-state index in [2.05, 4.69) is 9.97 Å². The summed E-state index contributed by atoms with van der Waals surface area (Å²) in [7, 11) is 0. The monoisotopic (exact) mass is 322 g/mol. The molecule has 0 radical (unpaired) electrons. The lowest BCUT2D eigenvalue weighted by molar-refractivity contribution is -0.117. The SMILES string of the molecule is Cc1cncc(C(=O)N2CC[C@H]3[C@H]2CC(=O)N3c2cccnc2)c1. The summed E-state index contributed by atoms with van der Waals surface area (Å²) < 4.78 is 0. The summed E-state index contributed by atoms with van der Waals surface area (Å²) in [6, 6.07) is 5.52. The minimum atomic E-state index is -0.0780. The lowest BCUT2D eigenvalue weighted by atomic mass is 10.1. The molecule has 2 aromatic rings. The third-order valence-corrected chi connectivity index (χ3v) is 4.80. The molecule has 0 saturated carbocycles. The topological polar surface area (TPSA) is 66.4 Å². The minimum absolute atomic E-state index is 0.0309. The van der Waals surface area contributed by atoms with Gasteiger partial charge in [0.15, 0.2) is 0 Å². The van der Waals surface area contributed by atoms with E-state index in [1.54, 1.807) is 29.7 Å². The van der Waals surface area contributed by atoms with Crippen LogP contribution in [0.2, 0.25) is 0 Å². The van der Waals surface area contributed by atoms with Crippen molar-refractivity contribution in [1.29, 1.82) is 0 Å². The van der Waals surface area contributed by atoms with Crippen molar-refractivity contribution in [2.75, 3.05) is 11.4 Å². The van der Waals surface area contributed by atoms with Crippen LogP contribution < -0.4 is 4.90 Å². The maximum absolute atomic E-state index is 12.8. The van der Waals surface area contributed by atoms with E-state index < -0.39 is 0 Å². The van der Waals surface area contributed by atoms with Gasteiger partial charge in [0.25, 0.3) is 5.91 Å². The molecule has 2 aliphatic heterocycles. The maximum atomic E-state index is 12.8. The number of pyridine rings is 2. The van der Waals surface area contributed by atoms with E-state index in [1.165, 1.54) is 0 Å². The van der Waals surface area contributed by atoms with Crippen LogP contribution in [-0.4, -0.2) is 45.3 Å². The predicted molar refractivity (Wildman–Crippen MR) is 88.5 cm³/mol. The van der Waals surface area contributed by atoms with Crippen molar-refractivity contribution >= 4 is 17.5 Å². The average Bonchev–Trinajstić information content (AvgIpc) is 3.12. The molecule has 2 atom stereocenters. The van der Waals surface area contributed by atoms with Gasteiger partial charge in [-0.25, -0.2) is 0 Å². The van der Waals surface area contributed by atoms with Gasteiger partial charge in [0.2, 0.25) is 5.91 Å². The summed E-state index contributed by atoms with van der Waals surface area (Å²) in [6.07, 6.45) is 7.87. The Labute approximate surface area is 140 Å². The number of hydrogen-bond donors (Lipinski definition) is 0. The first kappa shape index (κ1) is 14.8. The van der Waals surface area contributed by atoms with E-state index in [0.717, 1.165) is 17.7 Å². The van der Waals surface area contributed by atoms with Gasteiger partial charge in [-0.05, 0) is 37.1 Å². The normalized spacial score (nSPS) is 22.8. The number of nitrogens with zero attached hydrogens (tertiary/aromatic N) is 4. The summed E-state index contributed by atoms with van der Waals surface area (Å²) in [5.41, 5.74) is 2.35. The Morgan fingerprint density at radius 1 is 1.21 bits per heavy atom. The van der Waals surface area contributed by atoms with Gasteiger partial charge >= 0.3 is 0 Å². The van der Waals surface area contributed by atoms with Crippen LogP contribution >= 0.6 is 0 Å². The second-order valence-electron chi connectivity index (χ2n) is 6.35. The van der Waals surface area contributed by atoms with Crippen molar-refractivity contribution in [3.63, 3.8) is 0 Å². The van der Waals surface area contributed by atoms with E-state index in [1.807, 2.05) is 30.0 Å². The Kier molecular flexibility index (Phi) is 3.52. The first-order valence-electron chi connectivity index (χ1n) is 8.10. The molecule has 6 heteroatoms. The molecule has 0 N–H and O–H groups in total. The van der Waals surface area contributed by atoms with Gasteiger partial charge < -0.3 is 9.80 Å². The second kappa shape index (κ2) is 5.70. The van der Waals surface area contributed by atoms with E-state index >= 15 is 0 Å². The molecule has 24 heavy (non-hydrogen) atoms. The number of anilines is 1. The lowest BCUT2D eigenvalue weighted by Gasteiger charge is -2.25. The fourth-order valence-electron chi connectivity index (χ4n) is 3.77. The summed E-state index contributed by atoms with van der Waals surface area (Å²) in [5, 5.41) is 0. The fourth-order valence-corrected chi connectivity index (χ4v) is 3.77. The Bertz CT molecular complexity index is 793. The van der Waals surface area contributed by atoms with E-state index in [0.29, 0.717) is 18.5 Å². The number of fused-ring (bicyclic) bond motifs is 1. The molecule has 0 aliphatic carbocycles. The lowest BCUT2D eigenvalue weighted by Crippen LogP contribution is -2.40. The zero-order chi connectivity index (χ0) is 16.7. The molecule has 122 valence electrons. The van der Waals surface area contributed by atoms with Crippen LogP contribution in [0.4, 0.5) is 5.69 Å². The molecule has 4 rings (SSSR count). The first-order valence-corrected chi connectivity index (χ1v) is 8.10. The molecule has 2 saturated heterocycles. The number of carbonyl (C=O) groups excluding carboxylic acids is 2. The molecule has 0 spiro atoms. The van der Waals surface area contributed by atoms with Crippen LogP contribution in [0.25, 0.3) is 0 Å². The highest BCUT2D eigenvalue weighted by Gasteiger charge is 2.49. The standard InChI is InChI=1S/C18H18N4O2/c1-12-7-13(10-20-9-12)18(24)21-6-4-15-16(21)8-17(23)22(15)14-3-2-5-19-11-14/h2-3,5,7,9-11,15-16H,4,6,8H2,1H3/t15-,16+/m0/s1. The highest BCUT2D eigenvalue weighted by molar-refractivity contribution is 6.00. The van der Waals surface area contributed by atoms with Gasteiger partial charge in [-0.3, -0.25) is 19.6 Å². The number of aryl methyl sites for hydroxylation is 1. The molecule has 4 heterocycles. The van der Waals surface area contributed by atoms with Crippen LogP contribution in [0.15, 0.2) is 43.0 Å². The first-order chi connectivity index (χ1) is 11.6. The van der Waals surface area contributed by atoms with Crippen LogP contribution in [-0.2, 0) is 4.79 Å². The maximum Gasteiger partial charge on any atom is 0.255 e. The zero-order valence-corrected chi connectivity index (χ0v) is 13.4. The third kappa shape index (κ3) is 2.35. The van der Waals surface area contributed by atoms with Crippen LogP contribution in [0.5, 0.6) is 0 Å². The van der Waals surface area contributed by atoms with Crippen LogP contribution in [0.1, 0.15) is 28.8 Å². The van der Waals surface area contributed by atoms with Crippen molar-refractivity contribution < 1.29 is 9.59 Å². The molecule has 2 aromatic heterocycles. The molecule has 0 aromatic carbocycles. The van der Waals surface area contributed by atoms with Gasteiger partial charge in [0.05, 0.1) is 29.5 Å². The Balaban J connectivity index is 1.60. The zero-order valence-electron chi connectivity index (χ0n) is 13.4.